The Morgan fingerprint density at radius 2 is 2.00 bits per heavy atom. The molecule has 0 radical (unpaired) electrons. The van der Waals surface area contributed by atoms with Crippen LogP contribution in [-0.2, 0) is 12.7 Å². The van der Waals surface area contributed by atoms with Gasteiger partial charge in [0.05, 0.1) is 12.7 Å². The minimum absolute atomic E-state index is 0.0531. The molecular formula is C20H15F4N7O. The molecule has 1 fully saturated rings. The van der Waals surface area contributed by atoms with Gasteiger partial charge in [0.1, 0.15) is 23.4 Å². The van der Waals surface area contributed by atoms with Crippen LogP contribution in [0.1, 0.15) is 46.1 Å². The van der Waals surface area contributed by atoms with Gasteiger partial charge in [-0.1, -0.05) is 18.2 Å². The van der Waals surface area contributed by atoms with Crippen LogP contribution in [0.3, 0.4) is 0 Å². The Morgan fingerprint density at radius 3 is 2.72 bits per heavy atom. The average molecular weight is 445 g/mol. The maximum Gasteiger partial charge on any atom is 0.433 e. The second kappa shape index (κ2) is 7.39. The van der Waals surface area contributed by atoms with Gasteiger partial charge in [0.25, 0.3) is 5.91 Å². The molecule has 1 saturated carbocycles. The Morgan fingerprint density at radius 1 is 1.22 bits per heavy atom. The van der Waals surface area contributed by atoms with E-state index in [9.17, 15) is 22.4 Å². The predicted octanol–water partition coefficient (Wildman–Crippen LogP) is 3.66. The predicted molar refractivity (Wildman–Crippen MR) is 103 cm³/mol. The molecule has 164 valence electrons. The maximum atomic E-state index is 13.8. The van der Waals surface area contributed by atoms with Crippen LogP contribution >= 0.6 is 0 Å². The first-order valence-electron chi connectivity index (χ1n) is 9.69. The van der Waals surface area contributed by atoms with Crippen molar-refractivity contribution in [1.82, 2.24) is 29.4 Å². The number of anilines is 1. The summed E-state index contributed by atoms with van der Waals surface area (Å²) in [6.07, 6.45) is -0.820. The van der Waals surface area contributed by atoms with E-state index in [0.717, 1.165) is 25.1 Å². The van der Waals surface area contributed by atoms with Crippen LogP contribution in [0.2, 0.25) is 0 Å². The lowest BCUT2D eigenvalue weighted by atomic mass is 10.2. The SMILES string of the molecule is O=C(Nc1ncn(Cc2ccccc2F)n1)c1cnn2c(C(F)(F)F)cc(C3CC3)nc12. The fourth-order valence-corrected chi connectivity index (χ4v) is 3.33. The highest BCUT2D eigenvalue weighted by Gasteiger charge is 2.38. The molecule has 0 unspecified atom stereocenters. The van der Waals surface area contributed by atoms with Crippen LogP contribution in [0.5, 0.6) is 0 Å². The van der Waals surface area contributed by atoms with Crippen LogP contribution in [0, 0.1) is 5.82 Å². The number of hydrogen-bond acceptors (Lipinski definition) is 5. The lowest BCUT2D eigenvalue weighted by Gasteiger charge is -2.11. The number of halogens is 4. The molecule has 1 N–H and O–H groups in total. The van der Waals surface area contributed by atoms with Crippen molar-refractivity contribution < 1.29 is 22.4 Å². The van der Waals surface area contributed by atoms with Gasteiger partial charge < -0.3 is 0 Å². The molecule has 3 aromatic heterocycles. The van der Waals surface area contributed by atoms with E-state index in [4.69, 9.17) is 0 Å². The molecular weight excluding hydrogens is 430 g/mol. The number of carbonyl (C=O) groups excluding carboxylic acids is 1. The number of hydrogen-bond donors (Lipinski definition) is 1. The van der Waals surface area contributed by atoms with E-state index in [1.165, 1.54) is 17.1 Å². The van der Waals surface area contributed by atoms with Crippen molar-refractivity contribution in [2.24, 2.45) is 0 Å². The molecule has 1 aliphatic rings. The largest absolute Gasteiger partial charge is 0.433 e. The molecule has 1 amide bonds. The molecule has 0 bridgehead atoms. The number of nitrogens with zero attached hydrogens (tertiary/aromatic N) is 6. The topological polar surface area (TPSA) is 90.0 Å². The Bertz CT molecular complexity index is 1320. The zero-order valence-electron chi connectivity index (χ0n) is 16.3. The third kappa shape index (κ3) is 3.79. The molecule has 32 heavy (non-hydrogen) atoms. The normalized spacial score (nSPS) is 14.1. The van der Waals surface area contributed by atoms with E-state index in [-0.39, 0.29) is 35.3 Å². The van der Waals surface area contributed by atoms with Crippen LogP contribution in [0.25, 0.3) is 5.65 Å². The van der Waals surface area contributed by atoms with Crippen molar-refractivity contribution in [2.45, 2.75) is 31.5 Å². The lowest BCUT2D eigenvalue weighted by Crippen LogP contribution is -2.17. The quantitative estimate of drug-likeness (QED) is 0.474. The van der Waals surface area contributed by atoms with Gasteiger partial charge in [-0.3, -0.25) is 10.1 Å². The number of rotatable bonds is 5. The van der Waals surface area contributed by atoms with E-state index < -0.39 is 23.6 Å². The highest BCUT2D eigenvalue weighted by atomic mass is 19.4. The summed E-state index contributed by atoms with van der Waals surface area (Å²) in [5, 5.41) is 10.2. The van der Waals surface area contributed by atoms with Crippen molar-refractivity contribution in [3.05, 3.63) is 71.2 Å². The minimum Gasteiger partial charge on any atom is -0.289 e. The van der Waals surface area contributed by atoms with Gasteiger partial charge in [-0.25, -0.2) is 23.6 Å². The van der Waals surface area contributed by atoms with E-state index in [1.54, 1.807) is 18.2 Å². The number of aromatic nitrogens is 6. The molecule has 0 atom stereocenters. The fraction of sp³-hybridized carbons (Fsp3) is 0.250. The second-order valence-electron chi connectivity index (χ2n) is 7.44. The lowest BCUT2D eigenvalue weighted by molar-refractivity contribution is -0.142. The van der Waals surface area contributed by atoms with E-state index in [2.05, 4.69) is 25.5 Å². The Labute approximate surface area is 177 Å². The van der Waals surface area contributed by atoms with Crippen LogP contribution in [-0.4, -0.2) is 35.3 Å². The molecule has 0 aliphatic heterocycles. The highest BCUT2D eigenvalue weighted by molar-refractivity contribution is 6.07. The second-order valence-corrected chi connectivity index (χ2v) is 7.44. The Hall–Kier alpha value is -3.83. The van der Waals surface area contributed by atoms with Crippen molar-refractivity contribution in [2.75, 3.05) is 5.32 Å². The summed E-state index contributed by atoms with van der Waals surface area (Å²) in [5.74, 6) is -1.29. The number of carbonyl (C=O) groups is 1. The smallest absolute Gasteiger partial charge is 0.289 e. The number of amides is 1. The molecule has 1 aliphatic carbocycles. The average Bonchev–Trinajstić information content (AvgIpc) is 3.36. The summed E-state index contributed by atoms with van der Waals surface area (Å²) in [6, 6.07) is 7.13. The monoisotopic (exact) mass is 445 g/mol. The third-order valence-electron chi connectivity index (χ3n) is 5.07. The van der Waals surface area contributed by atoms with Gasteiger partial charge in [0.2, 0.25) is 5.95 Å². The highest BCUT2D eigenvalue weighted by Crippen LogP contribution is 2.41. The van der Waals surface area contributed by atoms with Crippen LogP contribution in [0.15, 0.2) is 42.9 Å². The molecule has 3 heterocycles. The first kappa shape index (κ1) is 20.1. The molecule has 4 aromatic rings. The van der Waals surface area contributed by atoms with Crippen molar-refractivity contribution in [3.8, 4) is 0 Å². The van der Waals surface area contributed by atoms with Gasteiger partial charge in [-0.15, -0.1) is 5.10 Å². The molecule has 5 rings (SSSR count). The molecule has 8 nitrogen and oxygen atoms in total. The summed E-state index contributed by atoms with van der Waals surface area (Å²) in [5.41, 5.74) is -0.648. The van der Waals surface area contributed by atoms with Crippen LogP contribution < -0.4 is 5.32 Å². The summed E-state index contributed by atoms with van der Waals surface area (Å²) < 4.78 is 56.3. The number of fused-ring (bicyclic) bond motifs is 1. The van der Waals surface area contributed by atoms with E-state index in [0.29, 0.717) is 10.1 Å². The summed E-state index contributed by atoms with van der Waals surface area (Å²) in [6.45, 7) is 0.0908. The van der Waals surface area contributed by atoms with Gasteiger partial charge in [-0.05, 0) is 25.0 Å². The minimum atomic E-state index is -4.66. The Kier molecular flexibility index (Phi) is 4.64. The number of alkyl halides is 3. The first-order valence-corrected chi connectivity index (χ1v) is 9.69. The van der Waals surface area contributed by atoms with Crippen molar-refractivity contribution >= 4 is 17.5 Å². The molecule has 0 saturated heterocycles. The third-order valence-corrected chi connectivity index (χ3v) is 5.07. The maximum absolute atomic E-state index is 13.8. The van der Waals surface area contributed by atoms with Gasteiger partial charge in [0.15, 0.2) is 5.65 Å². The summed E-state index contributed by atoms with van der Waals surface area (Å²) in [7, 11) is 0. The standard InChI is InChI=1S/C20H15F4N7O/c21-14-4-2-1-3-12(14)9-30-10-25-19(29-30)28-18(32)13-8-26-31-16(20(22,23)24)7-15(11-5-6-11)27-17(13)31/h1-4,7-8,10-11H,5-6,9H2,(H,28,29,32). The summed E-state index contributed by atoms with van der Waals surface area (Å²) >= 11 is 0. The fourth-order valence-electron chi connectivity index (χ4n) is 3.33. The van der Waals surface area contributed by atoms with Gasteiger partial charge in [0, 0.05) is 17.2 Å². The number of nitrogens with one attached hydrogen (secondary N) is 1. The first-order chi connectivity index (χ1) is 15.3. The molecule has 0 spiro atoms. The molecule has 1 aromatic carbocycles. The van der Waals surface area contributed by atoms with Gasteiger partial charge in [-0.2, -0.15) is 18.3 Å². The summed E-state index contributed by atoms with van der Waals surface area (Å²) in [4.78, 5) is 20.9. The van der Waals surface area contributed by atoms with Gasteiger partial charge >= 0.3 is 6.18 Å². The van der Waals surface area contributed by atoms with E-state index in [1.807, 2.05) is 0 Å². The van der Waals surface area contributed by atoms with E-state index >= 15 is 0 Å². The zero-order valence-corrected chi connectivity index (χ0v) is 16.3. The molecule has 12 heteroatoms. The zero-order chi connectivity index (χ0) is 22.5. The van der Waals surface area contributed by atoms with Crippen LogP contribution in [0.4, 0.5) is 23.5 Å². The van der Waals surface area contributed by atoms with Crippen molar-refractivity contribution in [1.29, 1.82) is 0 Å². The van der Waals surface area contributed by atoms with Crippen molar-refractivity contribution in [3.63, 3.8) is 0 Å². The Balaban J connectivity index is 1.42. The number of benzene rings is 1.